The molecule has 7 nitrogen and oxygen atoms in total. The van der Waals surface area contributed by atoms with Crippen molar-refractivity contribution < 1.29 is 19.1 Å². The Hall–Kier alpha value is -2.28. The summed E-state index contributed by atoms with van der Waals surface area (Å²) in [5.74, 6) is 0.170. The summed E-state index contributed by atoms with van der Waals surface area (Å²) >= 11 is 0. The van der Waals surface area contributed by atoms with Gasteiger partial charge in [0.1, 0.15) is 0 Å². The van der Waals surface area contributed by atoms with E-state index in [9.17, 15) is 9.59 Å². The molecule has 2 heterocycles. The first kappa shape index (κ1) is 21.4. The quantitative estimate of drug-likeness (QED) is 0.684. The number of amides is 2. The van der Waals surface area contributed by atoms with Crippen molar-refractivity contribution in [3.05, 3.63) is 29.8 Å². The minimum Gasteiger partial charge on any atom is -0.449 e. The van der Waals surface area contributed by atoms with E-state index in [1.807, 2.05) is 17.0 Å². The second-order valence-electron chi connectivity index (χ2n) is 7.89. The van der Waals surface area contributed by atoms with Crippen LogP contribution in [0.25, 0.3) is 0 Å². The molecule has 1 aromatic rings. The lowest BCUT2D eigenvalue weighted by molar-refractivity contribution is -0.134. The third kappa shape index (κ3) is 4.83. The van der Waals surface area contributed by atoms with Crippen LogP contribution in [0.15, 0.2) is 24.3 Å². The van der Waals surface area contributed by atoms with Crippen molar-refractivity contribution >= 4 is 17.7 Å². The first-order chi connectivity index (χ1) is 14.1. The van der Waals surface area contributed by atoms with Crippen LogP contribution in [0.2, 0.25) is 0 Å². The molecule has 0 spiro atoms. The first-order valence-corrected chi connectivity index (χ1v) is 10.6. The van der Waals surface area contributed by atoms with Crippen LogP contribution in [0.5, 0.6) is 0 Å². The van der Waals surface area contributed by atoms with E-state index in [0.29, 0.717) is 39.3 Å². The fourth-order valence-electron chi connectivity index (χ4n) is 4.38. The lowest BCUT2D eigenvalue weighted by Crippen LogP contribution is -2.53. The summed E-state index contributed by atoms with van der Waals surface area (Å²) in [6.45, 7) is 5.32. The normalized spacial score (nSPS) is 21.9. The van der Waals surface area contributed by atoms with Gasteiger partial charge in [0.05, 0.1) is 19.3 Å². The summed E-state index contributed by atoms with van der Waals surface area (Å²) in [6, 6.07) is 8.13. The number of fused-ring (bicyclic) bond motifs is 3. The molecule has 2 aliphatic heterocycles. The summed E-state index contributed by atoms with van der Waals surface area (Å²) in [6.07, 6.45) is 1.80. The fraction of sp³-hybridized carbons (Fsp3) is 0.636. The largest absolute Gasteiger partial charge is 0.449 e. The van der Waals surface area contributed by atoms with Gasteiger partial charge >= 0.3 is 6.09 Å². The number of unbranched alkanes of at least 4 members (excludes halogenated alkanes) is 1. The maximum Gasteiger partial charge on any atom is 0.410 e. The first-order valence-electron chi connectivity index (χ1n) is 10.6. The molecule has 0 N–H and O–H groups in total. The number of ether oxygens (including phenoxy) is 2. The van der Waals surface area contributed by atoms with Crippen LogP contribution in [-0.2, 0) is 14.3 Å². The Morgan fingerprint density at radius 3 is 2.76 bits per heavy atom. The molecule has 2 aliphatic rings. The fourth-order valence-corrected chi connectivity index (χ4v) is 4.38. The van der Waals surface area contributed by atoms with Gasteiger partial charge in [-0.15, -0.1) is 0 Å². The molecule has 1 aromatic carbocycles. The summed E-state index contributed by atoms with van der Waals surface area (Å²) in [7, 11) is 3.72. The number of hydrogen-bond acceptors (Lipinski definition) is 5. The van der Waals surface area contributed by atoms with Crippen molar-refractivity contribution in [2.45, 2.75) is 32.2 Å². The Labute approximate surface area is 173 Å². The van der Waals surface area contributed by atoms with Gasteiger partial charge in [-0.05, 0) is 18.1 Å². The molecule has 1 fully saturated rings. The Balaban J connectivity index is 1.92. The second kappa shape index (κ2) is 9.96. The van der Waals surface area contributed by atoms with Crippen LogP contribution >= 0.6 is 0 Å². The monoisotopic (exact) mass is 403 g/mol. The van der Waals surface area contributed by atoms with Crippen LogP contribution in [0.3, 0.4) is 0 Å². The van der Waals surface area contributed by atoms with Gasteiger partial charge in [0.2, 0.25) is 5.91 Å². The number of hydrogen-bond donors (Lipinski definition) is 0. The Morgan fingerprint density at radius 2 is 2.00 bits per heavy atom. The Morgan fingerprint density at radius 1 is 1.21 bits per heavy atom. The summed E-state index contributed by atoms with van der Waals surface area (Å²) in [4.78, 5) is 31.7. The number of benzene rings is 1. The molecule has 7 heteroatoms. The molecule has 2 atom stereocenters. The molecule has 0 aliphatic carbocycles. The molecule has 160 valence electrons. The van der Waals surface area contributed by atoms with Crippen LogP contribution in [-0.4, -0.2) is 75.4 Å². The lowest BCUT2D eigenvalue weighted by atomic mass is 9.85. The van der Waals surface area contributed by atoms with Gasteiger partial charge in [-0.1, -0.05) is 31.5 Å². The van der Waals surface area contributed by atoms with E-state index in [-0.39, 0.29) is 24.0 Å². The topological polar surface area (TPSA) is 62.3 Å². The number of para-hydroxylation sites is 1. The van der Waals surface area contributed by atoms with Crippen molar-refractivity contribution in [2.24, 2.45) is 5.92 Å². The van der Waals surface area contributed by atoms with Crippen LogP contribution < -0.4 is 4.90 Å². The minimum absolute atomic E-state index is 0.0633. The number of anilines is 1. The summed E-state index contributed by atoms with van der Waals surface area (Å²) in [5.41, 5.74) is 2.26. The van der Waals surface area contributed by atoms with Gasteiger partial charge in [0, 0.05) is 58.4 Å². The lowest BCUT2D eigenvalue weighted by Gasteiger charge is -2.47. The molecular weight excluding hydrogens is 370 g/mol. The zero-order chi connectivity index (χ0) is 20.8. The predicted molar refractivity (Wildman–Crippen MR) is 112 cm³/mol. The van der Waals surface area contributed by atoms with Gasteiger partial charge < -0.3 is 24.2 Å². The number of nitrogens with zero attached hydrogens (tertiary/aromatic N) is 3. The van der Waals surface area contributed by atoms with Crippen molar-refractivity contribution in [3.8, 4) is 0 Å². The molecule has 0 aromatic heterocycles. The average Bonchev–Trinajstić information content (AvgIpc) is 2.71. The highest BCUT2D eigenvalue weighted by Gasteiger charge is 2.41. The molecule has 2 amide bonds. The Kier molecular flexibility index (Phi) is 7.36. The van der Waals surface area contributed by atoms with Crippen molar-refractivity contribution in [1.82, 2.24) is 9.80 Å². The molecule has 0 unspecified atom stereocenters. The molecule has 29 heavy (non-hydrogen) atoms. The highest BCUT2D eigenvalue weighted by Crippen LogP contribution is 2.41. The standard InChI is InChI=1S/C22H33N3O4/c1-4-5-13-29-22(27)25-11-10-20(26)24(12-14-28-3)16-17-15-23(2)19-9-7-6-8-18(19)21(17)25/h6-9,17,21H,4-5,10-16H2,1-3H3/t17-,21-/m1/s1. The zero-order valence-electron chi connectivity index (χ0n) is 17.8. The third-order valence-corrected chi connectivity index (χ3v) is 5.85. The molecule has 0 radical (unpaired) electrons. The number of carbonyl (C=O) groups is 2. The van der Waals surface area contributed by atoms with Crippen LogP contribution in [0, 0.1) is 5.92 Å². The van der Waals surface area contributed by atoms with Gasteiger partial charge in [0.15, 0.2) is 0 Å². The van der Waals surface area contributed by atoms with E-state index in [0.717, 1.165) is 30.6 Å². The number of methoxy groups -OCH3 is 1. The maximum atomic E-state index is 13.0. The van der Waals surface area contributed by atoms with Gasteiger partial charge in [0.25, 0.3) is 0 Å². The average molecular weight is 404 g/mol. The van der Waals surface area contributed by atoms with Crippen molar-refractivity contribution in [2.75, 3.05) is 58.5 Å². The van der Waals surface area contributed by atoms with E-state index in [4.69, 9.17) is 9.47 Å². The second-order valence-corrected chi connectivity index (χ2v) is 7.89. The van der Waals surface area contributed by atoms with Crippen LogP contribution in [0.1, 0.15) is 37.8 Å². The van der Waals surface area contributed by atoms with Gasteiger partial charge in [-0.3, -0.25) is 4.79 Å². The van der Waals surface area contributed by atoms with Crippen LogP contribution in [0.4, 0.5) is 10.5 Å². The zero-order valence-corrected chi connectivity index (χ0v) is 17.8. The molecule has 3 rings (SSSR count). The number of rotatable bonds is 6. The third-order valence-electron chi connectivity index (χ3n) is 5.85. The molecule has 0 saturated carbocycles. The van der Waals surface area contributed by atoms with E-state index in [2.05, 4.69) is 31.0 Å². The van der Waals surface area contributed by atoms with Gasteiger partial charge in [-0.25, -0.2) is 4.79 Å². The van der Waals surface area contributed by atoms with E-state index in [1.54, 1.807) is 12.0 Å². The summed E-state index contributed by atoms with van der Waals surface area (Å²) in [5, 5.41) is 0. The van der Waals surface area contributed by atoms with E-state index < -0.39 is 0 Å². The Bertz CT molecular complexity index is 711. The SMILES string of the molecule is CCCCOC(=O)N1CCC(=O)N(CCOC)C[C@H]2CN(C)c3ccccc3[C@@H]21. The van der Waals surface area contributed by atoms with Crippen molar-refractivity contribution in [1.29, 1.82) is 0 Å². The smallest absolute Gasteiger partial charge is 0.410 e. The molecule has 0 bridgehead atoms. The maximum absolute atomic E-state index is 13.0. The molecular formula is C22H33N3O4. The van der Waals surface area contributed by atoms with E-state index >= 15 is 0 Å². The summed E-state index contributed by atoms with van der Waals surface area (Å²) < 4.78 is 10.8. The van der Waals surface area contributed by atoms with E-state index in [1.165, 1.54) is 0 Å². The predicted octanol–water partition coefficient (Wildman–Crippen LogP) is 2.91. The number of carbonyl (C=O) groups excluding carboxylic acids is 2. The van der Waals surface area contributed by atoms with Gasteiger partial charge in [-0.2, -0.15) is 0 Å². The minimum atomic E-state index is -0.314. The molecule has 1 saturated heterocycles. The van der Waals surface area contributed by atoms with Crippen molar-refractivity contribution in [3.63, 3.8) is 0 Å². The highest BCUT2D eigenvalue weighted by atomic mass is 16.6. The highest BCUT2D eigenvalue weighted by molar-refractivity contribution is 5.78.